The van der Waals surface area contributed by atoms with Crippen molar-refractivity contribution >= 4 is 28.9 Å². The van der Waals surface area contributed by atoms with Gasteiger partial charge in [-0.2, -0.15) is 0 Å². The Balaban J connectivity index is 1.92. The van der Waals surface area contributed by atoms with Gasteiger partial charge >= 0.3 is 0 Å². The number of nitrogens with zero attached hydrogens (tertiary/aromatic N) is 1. The number of fused-ring (bicyclic) bond motifs is 1. The van der Waals surface area contributed by atoms with Crippen molar-refractivity contribution in [1.29, 1.82) is 0 Å². The van der Waals surface area contributed by atoms with E-state index in [1.165, 1.54) is 12.8 Å². The fourth-order valence-electron chi connectivity index (χ4n) is 2.69. The Morgan fingerprint density at radius 2 is 2.20 bits per heavy atom. The van der Waals surface area contributed by atoms with Crippen LogP contribution in [-0.2, 0) is 4.79 Å². The van der Waals surface area contributed by atoms with E-state index < -0.39 is 6.10 Å². The minimum atomic E-state index is -1.10. The Morgan fingerprint density at radius 3 is 2.85 bits per heavy atom. The molecule has 20 heavy (non-hydrogen) atoms. The van der Waals surface area contributed by atoms with Gasteiger partial charge in [-0.25, -0.2) is 0 Å². The third-order valence-corrected chi connectivity index (χ3v) is 4.23. The molecule has 4 nitrogen and oxygen atoms in total. The Kier molecular flexibility index (Phi) is 3.61. The Morgan fingerprint density at radius 1 is 1.45 bits per heavy atom. The van der Waals surface area contributed by atoms with Gasteiger partial charge in [0.2, 0.25) is 0 Å². The van der Waals surface area contributed by atoms with Crippen molar-refractivity contribution in [2.45, 2.75) is 32.3 Å². The maximum Gasteiger partial charge on any atom is 0.257 e. The lowest BCUT2D eigenvalue weighted by atomic mass is 10.1. The van der Waals surface area contributed by atoms with Crippen molar-refractivity contribution in [2.24, 2.45) is 5.92 Å². The number of carbonyl (C=O) groups is 1. The van der Waals surface area contributed by atoms with E-state index in [0.717, 1.165) is 31.1 Å². The van der Waals surface area contributed by atoms with Crippen LogP contribution in [0.2, 0.25) is 5.02 Å². The van der Waals surface area contributed by atoms with Crippen LogP contribution in [0.1, 0.15) is 37.9 Å². The summed E-state index contributed by atoms with van der Waals surface area (Å²) in [4.78, 5) is 13.8. The first-order chi connectivity index (χ1) is 9.60. The minimum Gasteiger partial charge on any atom is -0.378 e. The van der Waals surface area contributed by atoms with Crippen LogP contribution in [0.3, 0.4) is 0 Å². The van der Waals surface area contributed by atoms with E-state index >= 15 is 0 Å². The van der Waals surface area contributed by atoms with Crippen molar-refractivity contribution in [1.82, 2.24) is 0 Å². The molecule has 1 aromatic rings. The summed E-state index contributed by atoms with van der Waals surface area (Å²) in [6, 6.07) is 3.61. The molecule has 1 unspecified atom stereocenters. The lowest BCUT2D eigenvalue weighted by molar-refractivity contribution is -0.123. The molecule has 0 saturated heterocycles. The Hall–Kier alpha value is -1.26. The largest absolute Gasteiger partial charge is 0.378 e. The second-order valence-corrected chi connectivity index (χ2v) is 6.08. The van der Waals surface area contributed by atoms with Gasteiger partial charge in [-0.15, -0.1) is 0 Å². The Labute approximate surface area is 123 Å². The van der Waals surface area contributed by atoms with Gasteiger partial charge < -0.3 is 15.3 Å². The zero-order chi connectivity index (χ0) is 14.3. The predicted octanol–water partition coefficient (Wildman–Crippen LogP) is 2.95. The molecule has 1 heterocycles. The summed E-state index contributed by atoms with van der Waals surface area (Å²) >= 11 is 6.36. The van der Waals surface area contributed by atoms with Crippen LogP contribution < -0.4 is 10.2 Å². The third-order valence-electron chi connectivity index (χ3n) is 3.93. The van der Waals surface area contributed by atoms with Crippen LogP contribution >= 0.6 is 11.6 Å². The Bertz CT molecular complexity index is 543. The monoisotopic (exact) mass is 294 g/mol. The van der Waals surface area contributed by atoms with Crippen molar-refractivity contribution in [3.63, 3.8) is 0 Å². The normalized spacial score (nSPS) is 20.8. The quantitative estimate of drug-likeness (QED) is 0.878. The van der Waals surface area contributed by atoms with Gasteiger partial charge in [0.25, 0.3) is 5.91 Å². The molecule has 2 N–H and O–H groups in total. The molecular formula is C15H19ClN2O2. The molecule has 1 saturated carbocycles. The van der Waals surface area contributed by atoms with Gasteiger partial charge in [0.05, 0.1) is 10.7 Å². The third kappa shape index (κ3) is 2.50. The maximum atomic E-state index is 11.5. The fourth-order valence-corrected chi connectivity index (χ4v) is 2.98. The van der Waals surface area contributed by atoms with E-state index in [9.17, 15) is 9.90 Å². The summed E-state index contributed by atoms with van der Waals surface area (Å²) in [7, 11) is 0. The molecule has 5 heteroatoms. The van der Waals surface area contributed by atoms with Gasteiger partial charge in [-0.1, -0.05) is 18.5 Å². The number of aliphatic hydroxyl groups is 1. The van der Waals surface area contributed by atoms with E-state index in [0.29, 0.717) is 16.3 Å². The number of hydrogen-bond acceptors (Lipinski definition) is 3. The molecule has 0 aromatic heterocycles. The first kappa shape index (κ1) is 13.7. The highest BCUT2D eigenvalue weighted by atomic mass is 35.5. The number of amides is 1. The number of halogens is 1. The molecule has 108 valence electrons. The molecule has 1 aromatic carbocycles. The lowest BCUT2D eigenvalue weighted by Crippen LogP contribution is -2.26. The SMILES string of the molecule is CCCN(CC1CC1)c1cc2c(cc1Cl)C(O)C(=O)N2. The molecule has 0 spiro atoms. The standard InChI is InChI=1S/C15H19ClN2O2/c1-2-5-18(8-9-3-4-9)13-7-12-10(6-11(13)16)14(19)15(20)17-12/h6-7,9,14,19H,2-5,8H2,1H3,(H,17,20). The average molecular weight is 295 g/mol. The summed E-state index contributed by atoms with van der Waals surface area (Å²) in [5.41, 5.74) is 2.21. The smallest absolute Gasteiger partial charge is 0.257 e. The summed E-state index contributed by atoms with van der Waals surface area (Å²) in [5.74, 6) is 0.392. The molecule has 0 bridgehead atoms. The second kappa shape index (κ2) is 5.26. The summed E-state index contributed by atoms with van der Waals surface area (Å²) in [5, 5.41) is 13.1. The lowest BCUT2D eigenvalue weighted by Gasteiger charge is -2.26. The van der Waals surface area contributed by atoms with Crippen LogP contribution in [0.15, 0.2) is 12.1 Å². The molecule has 1 aliphatic carbocycles. The van der Waals surface area contributed by atoms with Gasteiger partial charge in [0.1, 0.15) is 0 Å². The van der Waals surface area contributed by atoms with Crippen molar-refractivity contribution in [2.75, 3.05) is 23.3 Å². The highest BCUT2D eigenvalue weighted by Gasteiger charge is 2.31. The zero-order valence-corrected chi connectivity index (χ0v) is 12.3. The van der Waals surface area contributed by atoms with E-state index in [1.807, 2.05) is 6.07 Å². The van der Waals surface area contributed by atoms with Crippen LogP contribution in [-0.4, -0.2) is 24.1 Å². The number of aliphatic hydroxyl groups excluding tert-OH is 1. The number of benzene rings is 1. The van der Waals surface area contributed by atoms with Gasteiger partial charge in [0.15, 0.2) is 6.10 Å². The number of hydrogen-bond donors (Lipinski definition) is 2. The van der Waals surface area contributed by atoms with Gasteiger partial charge in [-0.05, 0) is 37.3 Å². The summed E-state index contributed by atoms with van der Waals surface area (Å²) in [6.07, 6.45) is 2.53. The van der Waals surface area contributed by atoms with Crippen molar-refractivity contribution < 1.29 is 9.90 Å². The topological polar surface area (TPSA) is 52.6 Å². The van der Waals surface area contributed by atoms with Crippen molar-refractivity contribution in [3.05, 3.63) is 22.7 Å². The molecule has 1 atom stereocenters. The summed E-state index contributed by atoms with van der Waals surface area (Å²) in [6.45, 7) is 4.11. The van der Waals surface area contributed by atoms with E-state index in [-0.39, 0.29) is 5.91 Å². The van der Waals surface area contributed by atoms with Crippen LogP contribution in [0, 0.1) is 5.92 Å². The van der Waals surface area contributed by atoms with Gasteiger partial charge in [0, 0.05) is 24.3 Å². The van der Waals surface area contributed by atoms with Crippen LogP contribution in [0.25, 0.3) is 0 Å². The van der Waals surface area contributed by atoms with E-state index in [1.54, 1.807) is 6.07 Å². The first-order valence-electron chi connectivity index (χ1n) is 7.17. The highest BCUT2D eigenvalue weighted by molar-refractivity contribution is 6.33. The molecule has 1 aliphatic heterocycles. The number of anilines is 2. The molecule has 2 aliphatic rings. The second-order valence-electron chi connectivity index (χ2n) is 5.67. The van der Waals surface area contributed by atoms with Gasteiger partial charge in [-0.3, -0.25) is 4.79 Å². The molecule has 1 fully saturated rings. The first-order valence-corrected chi connectivity index (χ1v) is 7.55. The average Bonchev–Trinajstić information content (AvgIpc) is 3.18. The van der Waals surface area contributed by atoms with Crippen molar-refractivity contribution in [3.8, 4) is 0 Å². The van der Waals surface area contributed by atoms with E-state index in [2.05, 4.69) is 17.1 Å². The zero-order valence-electron chi connectivity index (χ0n) is 11.5. The highest BCUT2D eigenvalue weighted by Crippen LogP contribution is 2.40. The summed E-state index contributed by atoms with van der Waals surface area (Å²) < 4.78 is 0. The minimum absolute atomic E-state index is 0.377. The fraction of sp³-hybridized carbons (Fsp3) is 0.533. The van der Waals surface area contributed by atoms with Crippen LogP contribution in [0.5, 0.6) is 0 Å². The predicted molar refractivity (Wildman–Crippen MR) is 80.3 cm³/mol. The molecule has 1 amide bonds. The maximum absolute atomic E-state index is 11.5. The number of rotatable bonds is 5. The van der Waals surface area contributed by atoms with Crippen LogP contribution in [0.4, 0.5) is 11.4 Å². The van der Waals surface area contributed by atoms with E-state index in [4.69, 9.17) is 11.6 Å². The molecule has 0 radical (unpaired) electrons. The number of carbonyl (C=O) groups excluding carboxylic acids is 1. The molecule has 3 rings (SSSR count). The molecular weight excluding hydrogens is 276 g/mol. The number of nitrogens with one attached hydrogen (secondary N) is 1.